The normalized spacial score (nSPS) is 10.7. The molecule has 0 saturated carbocycles. The Morgan fingerprint density at radius 3 is 2.46 bits per heavy atom. The van der Waals surface area contributed by atoms with Crippen molar-refractivity contribution in [2.75, 3.05) is 5.32 Å². The Hall–Kier alpha value is -3.40. The molecule has 1 N–H and O–H groups in total. The highest BCUT2D eigenvalue weighted by Gasteiger charge is 2.06. The highest BCUT2D eigenvalue weighted by Crippen LogP contribution is 2.26. The third-order valence-electron chi connectivity index (χ3n) is 4.23. The van der Waals surface area contributed by atoms with Gasteiger partial charge in [-0.15, -0.1) is 0 Å². The van der Waals surface area contributed by atoms with Crippen molar-refractivity contribution in [3.63, 3.8) is 0 Å². The zero-order valence-electron chi connectivity index (χ0n) is 14.5. The van der Waals surface area contributed by atoms with Gasteiger partial charge in [-0.05, 0) is 48.4 Å². The van der Waals surface area contributed by atoms with Crippen LogP contribution in [0.15, 0.2) is 79.1 Å². The van der Waals surface area contributed by atoms with Gasteiger partial charge in [-0.3, -0.25) is 0 Å². The van der Waals surface area contributed by atoms with Crippen molar-refractivity contribution in [2.24, 2.45) is 0 Å². The van der Waals surface area contributed by atoms with E-state index < -0.39 is 0 Å². The first-order chi connectivity index (χ1) is 12.8. The molecule has 4 aromatic rings. The van der Waals surface area contributed by atoms with Crippen molar-refractivity contribution in [2.45, 2.75) is 13.5 Å². The molecule has 4 nitrogen and oxygen atoms in total. The van der Waals surface area contributed by atoms with Crippen LogP contribution in [-0.4, -0.2) is 9.97 Å². The summed E-state index contributed by atoms with van der Waals surface area (Å²) in [7, 11) is 0. The van der Waals surface area contributed by atoms with Crippen molar-refractivity contribution in [3.05, 3.63) is 90.3 Å². The van der Waals surface area contributed by atoms with Crippen LogP contribution >= 0.6 is 0 Å². The molecule has 0 aliphatic rings. The molecule has 0 aliphatic heterocycles. The maximum absolute atomic E-state index is 5.83. The van der Waals surface area contributed by atoms with Gasteiger partial charge in [0.25, 0.3) is 0 Å². The topological polar surface area (TPSA) is 47.0 Å². The third-order valence-corrected chi connectivity index (χ3v) is 4.23. The van der Waals surface area contributed by atoms with Crippen molar-refractivity contribution >= 4 is 22.4 Å². The Bertz CT molecular complexity index is 1010. The van der Waals surface area contributed by atoms with Gasteiger partial charge in [-0.25, -0.2) is 9.97 Å². The van der Waals surface area contributed by atoms with E-state index in [1.807, 2.05) is 54.6 Å². The monoisotopic (exact) mass is 341 g/mol. The van der Waals surface area contributed by atoms with Crippen molar-refractivity contribution in [1.29, 1.82) is 0 Å². The predicted molar refractivity (Wildman–Crippen MR) is 105 cm³/mol. The number of nitrogens with zero attached hydrogens (tertiary/aromatic N) is 2. The number of aryl methyl sites for hydroxylation is 1. The lowest BCUT2D eigenvalue weighted by atomic mass is 10.1. The summed E-state index contributed by atoms with van der Waals surface area (Å²) in [6, 6.07) is 24.1. The summed E-state index contributed by atoms with van der Waals surface area (Å²) in [5.41, 5.74) is 4.21. The second-order valence-corrected chi connectivity index (χ2v) is 6.12. The number of hydrogen-bond donors (Lipinski definition) is 1. The molecule has 128 valence electrons. The zero-order chi connectivity index (χ0) is 17.8. The molecule has 0 radical (unpaired) electrons. The average molecular weight is 341 g/mol. The first-order valence-electron chi connectivity index (χ1n) is 8.54. The number of nitrogens with one attached hydrogen (secondary N) is 1. The van der Waals surface area contributed by atoms with Crippen LogP contribution < -0.4 is 10.1 Å². The molecule has 0 aliphatic carbocycles. The van der Waals surface area contributed by atoms with E-state index in [9.17, 15) is 0 Å². The van der Waals surface area contributed by atoms with Gasteiger partial charge < -0.3 is 10.1 Å². The van der Waals surface area contributed by atoms with Gasteiger partial charge in [0.05, 0.1) is 5.52 Å². The van der Waals surface area contributed by atoms with Crippen molar-refractivity contribution in [3.8, 4) is 5.75 Å². The van der Waals surface area contributed by atoms with Crippen molar-refractivity contribution in [1.82, 2.24) is 9.97 Å². The number of anilines is 2. The van der Waals surface area contributed by atoms with Crippen molar-refractivity contribution < 1.29 is 4.74 Å². The summed E-state index contributed by atoms with van der Waals surface area (Å²) in [5, 5.41) is 4.38. The summed E-state index contributed by atoms with van der Waals surface area (Å²) in [6.07, 6.45) is 1.59. The molecular formula is C22H19N3O. The van der Waals surface area contributed by atoms with E-state index in [2.05, 4.69) is 40.4 Å². The van der Waals surface area contributed by atoms with Gasteiger partial charge in [0.2, 0.25) is 0 Å². The zero-order valence-corrected chi connectivity index (χ0v) is 14.5. The van der Waals surface area contributed by atoms with Crippen LogP contribution in [0.4, 0.5) is 11.5 Å². The third kappa shape index (κ3) is 3.49. The number of ether oxygens (including phenoxy) is 1. The fraction of sp³-hybridized carbons (Fsp3) is 0.0909. The smallest absolute Gasteiger partial charge is 0.141 e. The minimum absolute atomic E-state index is 0.559. The summed E-state index contributed by atoms with van der Waals surface area (Å²) >= 11 is 0. The van der Waals surface area contributed by atoms with Gasteiger partial charge in [0.1, 0.15) is 24.5 Å². The van der Waals surface area contributed by atoms with Gasteiger partial charge in [0, 0.05) is 11.1 Å². The molecular weight excluding hydrogens is 322 g/mol. The van der Waals surface area contributed by atoms with E-state index in [-0.39, 0.29) is 0 Å². The molecule has 0 bridgehead atoms. The highest BCUT2D eigenvalue weighted by molar-refractivity contribution is 5.92. The van der Waals surface area contributed by atoms with Gasteiger partial charge >= 0.3 is 0 Å². The molecule has 0 saturated heterocycles. The van der Waals surface area contributed by atoms with Crippen LogP contribution in [0.5, 0.6) is 5.75 Å². The molecule has 4 heteroatoms. The molecule has 0 atom stereocenters. The van der Waals surface area contributed by atoms with E-state index >= 15 is 0 Å². The number of aromatic nitrogens is 2. The largest absolute Gasteiger partial charge is 0.489 e. The second-order valence-electron chi connectivity index (χ2n) is 6.12. The van der Waals surface area contributed by atoms with E-state index in [0.717, 1.165) is 39.3 Å². The fourth-order valence-electron chi connectivity index (χ4n) is 2.85. The van der Waals surface area contributed by atoms with Gasteiger partial charge in [-0.1, -0.05) is 42.5 Å². The summed E-state index contributed by atoms with van der Waals surface area (Å²) in [4.78, 5) is 8.77. The van der Waals surface area contributed by atoms with Gasteiger partial charge in [-0.2, -0.15) is 0 Å². The van der Waals surface area contributed by atoms with Crippen LogP contribution in [0.2, 0.25) is 0 Å². The Morgan fingerprint density at radius 2 is 1.65 bits per heavy atom. The van der Waals surface area contributed by atoms with E-state index in [1.54, 1.807) is 6.33 Å². The van der Waals surface area contributed by atoms with Gasteiger partial charge in [0.15, 0.2) is 0 Å². The predicted octanol–water partition coefficient (Wildman–Crippen LogP) is 5.26. The molecule has 4 rings (SSSR count). The molecule has 26 heavy (non-hydrogen) atoms. The maximum Gasteiger partial charge on any atom is 0.141 e. The quantitative estimate of drug-likeness (QED) is 0.538. The van der Waals surface area contributed by atoms with Crippen LogP contribution in [0.3, 0.4) is 0 Å². The summed E-state index contributed by atoms with van der Waals surface area (Å²) in [5.74, 6) is 1.64. The molecule has 3 aromatic carbocycles. The Kier molecular flexibility index (Phi) is 4.48. The standard InChI is InChI=1S/C22H19N3O/c1-16-6-5-9-20-21(16)23-15-24-22(20)25-18-10-12-19(13-11-18)26-14-17-7-3-2-4-8-17/h2-13,15H,14H2,1H3,(H,23,24,25). The summed E-state index contributed by atoms with van der Waals surface area (Å²) < 4.78 is 5.83. The van der Waals surface area contributed by atoms with Crippen LogP contribution in [0.25, 0.3) is 10.9 Å². The number of benzene rings is 3. The number of fused-ring (bicyclic) bond motifs is 1. The Balaban J connectivity index is 1.49. The van der Waals surface area contributed by atoms with E-state index in [4.69, 9.17) is 4.74 Å². The first-order valence-corrected chi connectivity index (χ1v) is 8.54. The minimum atomic E-state index is 0.559. The molecule has 1 heterocycles. The van der Waals surface area contributed by atoms with E-state index in [1.165, 1.54) is 0 Å². The number of hydrogen-bond acceptors (Lipinski definition) is 4. The minimum Gasteiger partial charge on any atom is -0.489 e. The van der Waals surface area contributed by atoms with Crippen LogP contribution in [-0.2, 0) is 6.61 Å². The SMILES string of the molecule is Cc1cccc2c(Nc3ccc(OCc4ccccc4)cc3)ncnc12. The lowest BCUT2D eigenvalue weighted by Crippen LogP contribution is -1.98. The average Bonchev–Trinajstić information content (AvgIpc) is 2.69. The fourth-order valence-corrected chi connectivity index (χ4v) is 2.85. The molecule has 0 fully saturated rings. The molecule has 0 spiro atoms. The van der Waals surface area contributed by atoms with E-state index in [0.29, 0.717) is 6.61 Å². The lowest BCUT2D eigenvalue weighted by molar-refractivity contribution is 0.306. The Morgan fingerprint density at radius 1 is 0.846 bits per heavy atom. The molecule has 0 unspecified atom stereocenters. The van der Waals surface area contributed by atoms with Crippen LogP contribution in [0, 0.1) is 6.92 Å². The molecule has 0 amide bonds. The van der Waals surface area contributed by atoms with Crippen LogP contribution in [0.1, 0.15) is 11.1 Å². The maximum atomic E-state index is 5.83. The second kappa shape index (κ2) is 7.23. The number of para-hydroxylation sites is 1. The lowest BCUT2D eigenvalue weighted by Gasteiger charge is -2.11. The molecule has 1 aromatic heterocycles. The highest BCUT2D eigenvalue weighted by atomic mass is 16.5. The first kappa shape index (κ1) is 16.1. The summed E-state index contributed by atoms with van der Waals surface area (Å²) in [6.45, 7) is 2.61. The number of rotatable bonds is 5. The Labute approximate surface area is 152 Å².